The minimum Gasteiger partial charge on any atom is -0.447 e. The van der Waals surface area contributed by atoms with Gasteiger partial charge in [-0.1, -0.05) is 6.58 Å². The van der Waals surface area contributed by atoms with Crippen LogP contribution in [0.25, 0.3) is 0 Å². The molecule has 0 aliphatic heterocycles. The van der Waals surface area contributed by atoms with Crippen LogP contribution in [0.2, 0.25) is 0 Å². The average Bonchev–Trinajstić information content (AvgIpc) is 2.02. The number of ether oxygens (including phenoxy) is 1. The van der Waals surface area contributed by atoms with Crippen LogP contribution in [0.5, 0.6) is 0 Å². The lowest BCUT2D eigenvalue weighted by molar-refractivity contribution is -0.164. The molecule has 0 rings (SSSR count). The van der Waals surface area contributed by atoms with E-state index >= 15 is 0 Å². The molecule has 5 heteroatoms. The first kappa shape index (κ1) is 9.64. The molecule has 62 valence electrons. The Bertz CT molecular complexity index is 177. The Balaban J connectivity index is 3.86. The largest absolute Gasteiger partial charge is 0.447 e. The van der Waals surface area contributed by atoms with E-state index in [1.54, 1.807) is 0 Å². The summed E-state index contributed by atoms with van der Waals surface area (Å²) in [6.07, 6.45) is -0.0502. The number of hydrogen-bond donors (Lipinski definition) is 1. The third-order valence-electron chi connectivity index (χ3n) is 0.908. The summed E-state index contributed by atoms with van der Waals surface area (Å²) in [6.45, 7) is 4.48. The molecule has 0 aromatic heterocycles. The Morgan fingerprint density at radius 3 is 2.55 bits per heavy atom. The molecular weight excluding hydrogens is 150 g/mol. The van der Waals surface area contributed by atoms with Crippen LogP contribution in [0.1, 0.15) is 6.92 Å². The average molecular weight is 159 g/mol. The van der Waals surface area contributed by atoms with Crippen molar-refractivity contribution in [1.82, 2.24) is 0 Å². The summed E-state index contributed by atoms with van der Waals surface area (Å²) in [7, 11) is 0. The van der Waals surface area contributed by atoms with Gasteiger partial charge in [0.1, 0.15) is 0 Å². The summed E-state index contributed by atoms with van der Waals surface area (Å²) < 4.78 is 4.44. The van der Waals surface area contributed by atoms with Crippen molar-refractivity contribution < 1.29 is 19.2 Å². The molecule has 0 aliphatic carbocycles. The smallest absolute Gasteiger partial charge is 0.365 e. The second-order valence-corrected chi connectivity index (χ2v) is 1.72. The van der Waals surface area contributed by atoms with Crippen molar-refractivity contribution in [3.05, 3.63) is 12.7 Å². The number of hydrogen-bond acceptors (Lipinski definition) is 5. The van der Waals surface area contributed by atoms with Crippen molar-refractivity contribution in [2.45, 2.75) is 13.0 Å². The molecule has 0 saturated carbocycles. The standard InChI is InChI=1S/C6H9NO4/c1-3-5(8)10-4(2)6(9)11-7/h3-4H,1,7H2,2H3. The molecule has 0 radical (unpaired) electrons. The topological polar surface area (TPSA) is 78.6 Å². The van der Waals surface area contributed by atoms with Crippen molar-refractivity contribution in [3.63, 3.8) is 0 Å². The lowest BCUT2D eigenvalue weighted by atomic mass is 10.4. The normalized spacial score (nSPS) is 11.5. The SMILES string of the molecule is C=CC(=O)OC(C)C(=O)ON. The first-order chi connectivity index (χ1) is 5.11. The summed E-state index contributed by atoms with van der Waals surface area (Å²) in [5.41, 5.74) is 0. The van der Waals surface area contributed by atoms with E-state index in [2.05, 4.69) is 22.1 Å². The third kappa shape index (κ3) is 3.36. The molecular formula is C6H9NO4. The number of carbonyl (C=O) groups excluding carboxylic acids is 2. The minimum atomic E-state index is -0.995. The van der Waals surface area contributed by atoms with Crippen LogP contribution in [0, 0.1) is 0 Å². The van der Waals surface area contributed by atoms with Gasteiger partial charge < -0.3 is 9.57 Å². The van der Waals surface area contributed by atoms with E-state index in [9.17, 15) is 9.59 Å². The zero-order valence-electron chi connectivity index (χ0n) is 6.07. The zero-order valence-corrected chi connectivity index (χ0v) is 6.07. The molecule has 0 fully saturated rings. The van der Waals surface area contributed by atoms with Crippen molar-refractivity contribution in [1.29, 1.82) is 0 Å². The van der Waals surface area contributed by atoms with Crippen LogP contribution < -0.4 is 5.90 Å². The van der Waals surface area contributed by atoms with E-state index in [1.807, 2.05) is 0 Å². The second-order valence-electron chi connectivity index (χ2n) is 1.72. The fourth-order valence-corrected chi connectivity index (χ4v) is 0.366. The maximum absolute atomic E-state index is 10.5. The van der Waals surface area contributed by atoms with E-state index in [0.29, 0.717) is 0 Å². The van der Waals surface area contributed by atoms with Gasteiger partial charge in [0.15, 0.2) is 6.10 Å². The van der Waals surface area contributed by atoms with E-state index in [4.69, 9.17) is 0 Å². The molecule has 5 nitrogen and oxygen atoms in total. The molecule has 0 amide bonds. The maximum atomic E-state index is 10.5. The first-order valence-electron chi connectivity index (χ1n) is 2.85. The van der Waals surface area contributed by atoms with Gasteiger partial charge in [0, 0.05) is 6.08 Å². The number of esters is 1. The Morgan fingerprint density at radius 1 is 1.64 bits per heavy atom. The van der Waals surface area contributed by atoms with Gasteiger partial charge in [0.2, 0.25) is 0 Å². The fourth-order valence-electron chi connectivity index (χ4n) is 0.366. The van der Waals surface area contributed by atoms with E-state index in [1.165, 1.54) is 6.92 Å². The lowest BCUT2D eigenvalue weighted by Crippen LogP contribution is -2.27. The van der Waals surface area contributed by atoms with E-state index in [0.717, 1.165) is 6.08 Å². The van der Waals surface area contributed by atoms with E-state index < -0.39 is 18.0 Å². The van der Waals surface area contributed by atoms with Gasteiger partial charge in [-0.2, -0.15) is 5.90 Å². The highest BCUT2D eigenvalue weighted by Crippen LogP contribution is 1.93. The Hall–Kier alpha value is -1.36. The van der Waals surface area contributed by atoms with Crippen LogP contribution >= 0.6 is 0 Å². The number of nitrogens with two attached hydrogens (primary N) is 1. The van der Waals surface area contributed by atoms with Crippen molar-refractivity contribution in [2.75, 3.05) is 0 Å². The second kappa shape index (κ2) is 4.45. The highest BCUT2D eigenvalue weighted by atomic mass is 16.7. The van der Waals surface area contributed by atoms with Gasteiger partial charge in [-0.25, -0.2) is 9.59 Å². The molecule has 0 aromatic carbocycles. The van der Waals surface area contributed by atoms with Crippen LogP contribution in [-0.4, -0.2) is 18.0 Å². The molecule has 2 N–H and O–H groups in total. The first-order valence-corrected chi connectivity index (χ1v) is 2.85. The fraction of sp³-hybridized carbons (Fsp3) is 0.333. The lowest BCUT2D eigenvalue weighted by Gasteiger charge is -2.07. The van der Waals surface area contributed by atoms with Gasteiger partial charge >= 0.3 is 11.9 Å². The predicted molar refractivity (Wildman–Crippen MR) is 36.0 cm³/mol. The molecule has 0 spiro atoms. The molecule has 1 unspecified atom stereocenters. The van der Waals surface area contributed by atoms with Crippen LogP contribution in [-0.2, 0) is 19.2 Å². The molecule has 1 atom stereocenters. The summed E-state index contributed by atoms with van der Waals surface area (Å²) in [6, 6.07) is 0. The van der Waals surface area contributed by atoms with E-state index in [-0.39, 0.29) is 0 Å². The van der Waals surface area contributed by atoms with Gasteiger partial charge in [0.05, 0.1) is 0 Å². The Kier molecular flexibility index (Phi) is 3.90. The van der Waals surface area contributed by atoms with Gasteiger partial charge in [-0.3, -0.25) is 0 Å². The summed E-state index contributed by atoms with van der Waals surface area (Å²) in [5, 5.41) is 0. The van der Waals surface area contributed by atoms with Gasteiger partial charge in [-0.15, -0.1) is 0 Å². The molecule has 0 aliphatic rings. The molecule has 0 bridgehead atoms. The minimum absolute atomic E-state index is 0.692. The quantitative estimate of drug-likeness (QED) is 0.342. The molecule has 0 saturated heterocycles. The van der Waals surface area contributed by atoms with Crippen LogP contribution in [0.4, 0.5) is 0 Å². The molecule has 0 aromatic rings. The summed E-state index contributed by atoms with van der Waals surface area (Å²) in [4.78, 5) is 24.8. The van der Waals surface area contributed by atoms with Crippen molar-refractivity contribution >= 4 is 11.9 Å². The summed E-state index contributed by atoms with van der Waals surface area (Å²) >= 11 is 0. The van der Waals surface area contributed by atoms with Crippen LogP contribution in [0.15, 0.2) is 12.7 Å². The van der Waals surface area contributed by atoms with Gasteiger partial charge in [-0.05, 0) is 6.92 Å². The highest BCUT2D eigenvalue weighted by Gasteiger charge is 2.16. The van der Waals surface area contributed by atoms with Gasteiger partial charge in [0.25, 0.3) is 0 Å². The van der Waals surface area contributed by atoms with Crippen LogP contribution in [0.3, 0.4) is 0 Å². The molecule has 11 heavy (non-hydrogen) atoms. The van der Waals surface area contributed by atoms with Crippen molar-refractivity contribution in [2.24, 2.45) is 5.90 Å². The third-order valence-corrected chi connectivity index (χ3v) is 0.908. The maximum Gasteiger partial charge on any atom is 0.365 e. The molecule has 0 heterocycles. The number of rotatable bonds is 3. The number of carbonyl (C=O) groups is 2. The predicted octanol–water partition coefficient (Wildman–Crippen LogP) is -0.479. The monoisotopic (exact) mass is 159 g/mol. The Labute approximate surface area is 63.7 Å². The highest BCUT2D eigenvalue weighted by molar-refractivity contribution is 5.84. The van der Waals surface area contributed by atoms with Crippen molar-refractivity contribution in [3.8, 4) is 0 Å². The summed E-state index contributed by atoms with van der Waals surface area (Å²) in [5.74, 6) is 3.03. The Morgan fingerprint density at radius 2 is 2.18 bits per heavy atom. The zero-order chi connectivity index (χ0) is 8.85.